The van der Waals surface area contributed by atoms with Gasteiger partial charge in [0, 0.05) is 37.1 Å². The van der Waals surface area contributed by atoms with E-state index in [2.05, 4.69) is 60.4 Å². The molecule has 1 unspecified atom stereocenters. The number of benzene rings is 5. The second kappa shape index (κ2) is 16.5. The number of rotatable bonds is 14. The number of carbonyl (C=O) groups is 1. The third-order valence-corrected chi connectivity index (χ3v) is 16.5. The van der Waals surface area contributed by atoms with Crippen LogP contribution in [0.2, 0.25) is 5.04 Å². The molecule has 0 aliphatic heterocycles. The number of nitrogens with zero attached hydrogens (tertiary/aromatic N) is 3. The number of carbonyl (C=O) groups excluding carboxylic acids is 1. The van der Waals surface area contributed by atoms with Gasteiger partial charge in [0.25, 0.3) is 8.32 Å². The van der Waals surface area contributed by atoms with Crippen molar-refractivity contribution >= 4 is 51.6 Å². The minimum atomic E-state index is -3.41. The van der Waals surface area contributed by atoms with Crippen molar-refractivity contribution in [1.29, 1.82) is 0 Å². The number of fused-ring (bicyclic) bond motifs is 1. The van der Waals surface area contributed by atoms with Crippen molar-refractivity contribution in [2.75, 3.05) is 25.3 Å². The van der Waals surface area contributed by atoms with Crippen LogP contribution in [-0.4, -0.2) is 57.1 Å². The third-order valence-electron chi connectivity index (χ3n) is 10.4. The van der Waals surface area contributed by atoms with E-state index in [9.17, 15) is 17.6 Å². The molecule has 1 N–H and O–H groups in total. The van der Waals surface area contributed by atoms with Crippen LogP contribution in [0.5, 0.6) is 5.75 Å². The molecule has 0 bridgehead atoms. The van der Waals surface area contributed by atoms with Crippen molar-refractivity contribution < 1.29 is 26.8 Å². The molecule has 0 fully saturated rings. The van der Waals surface area contributed by atoms with Gasteiger partial charge in [-0.15, -0.1) is 5.10 Å². The number of hydrogen-bond donors (Lipinski definition) is 1. The predicted molar refractivity (Wildman–Crippen MR) is 229 cm³/mol. The first kappa shape index (κ1) is 40.3. The van der Waals surface area contributed by atoms with Gasteiger partial charge in [-0.05, 0) is 68.5 Å². The summed E-state index contributed by atoms with van der Waals surface area (Å²) in [5.74, 6) is -0.361. The molecular formula is C46H45FN4O5SSi. The summed E-state index contributed by atoms with van der Waals surface area (Å²) < 4.78 is 52.5. The van der Waals surface area contributed by atoms with E-state index in [0.717, 1.165) is 33.3 Å². The average Bonchev–Trinajstić information content (AvgIpc) is 3.62. The van der Waals surface area contributed by atoms with Crippen LogP contribution < -0.4 is 20.4 Å². The van der Waals surface area contributed by atoms with Gasteiger partial charge >= 0.3 is 0 Å². The molecule has 2 aromatic heterocycles. The Balaban J connectivity index is 1.12. The van der Waals surface area contributed by atoms with Crippen molar-refractivity contribution in [3.05, 3.63) is 163 Å². The first-order valence-electron chi connectivity index (χ1n) is 18.9. The summed E-state index contributed by atoms with van der Waals surface area (Å²) in [5.41, 5.74) is 4.49. The summed E-state index contributed by atoms with van der Waals surface area (Å²) in [6, 6.07) is 43.0. The Kier molecular flexibility index (Phi) is 11.4. The Bertz CT molecular complexity index is 2610. The standard InChI is InChI=1S/C46H45FN4O5SSi/c1-46(2,3)58(38-12-8-6-9-13-38,39-14-10-7-11-15-39)56-31-40(34-20-23-36(47)24-21-34)42(52)28-32-16-18-33(19-17-32)35-22-27-44-49-45(50-51(44)30-35)48-41-26-25-37(57(5,53)54)29-43(41)55-4/h6-27,29-30,40H,28,31H2,1-5H3,(H,48,50). The summed E-state index contributed by atoms with van der Waals surface area (Å²) in [6.07, 6.45) is 3.17. The number of ketones is 1. The highest BCUT2D eigenvalue weighted by molar-refractivity contribution is 7.90. The van der Waals surface area contributed by atoms with Gasteiger partial charge in [0.1, 0.15) is 17.3 Å². The number of nitrogens with one attached hydrogen (secondary N) is 1. The zero-order valence-corrected chi connectivity index (χ0v) is 34.8. The number of pyridine rings is 1. The minimum Gasteiger partial charge on any atom is -0.495 e. The van der Waals surface area contributed by atoms with Crippen molar-refractivity contribution in [3.8, 4) is 16.9 Å². The lowest BCUT2D eigenvalue weighted by Gasteiger charge is -2.43. The molecule has 9 nitrogen and oxygen atoms in total. The zero-order valence-electron chi connectivity index (χ0n) is 33.0. The van der Waals surface area contributed by atoms with Gasteiger partial charge in [0.15, 0.2) is 15.5 Å². The lowest BCUT2D eigenvalue weighted by molar-refractivity contribution is -0.120. The van der Waals surface area contributed by atoms with E-state index >= 15 is 0 Å². The van der Waals surface area contributed by atoms with Crippen LogP contribution in [0.1, 0.15) is 37.8 Å². The molecule has 0 radical (unpaired) electrons. The second-order valence-electron chi connectivity index (χ2n) is 15.3. The number of hydrogen-bond acceptors (Lipinski definition) is 8. The molecule has 0 saturated carbocycles. The fraction of sp³-hybridized carbons (Fsp3) is 0.196. The minimum absolute atomic E-state index is 0.0241. The van der Waals surface area contributed by atoms with E-state index in [1.54, 1.807) is 22.7 Å². The molecule has 0 spiro atoms. The molecule has 7 rings (SSSR count). The maximum absolute atomic E-state index is 14.4. The monoisotopic (exact) mass is 812 g/mol. The zero-order chi connectivity index (χ0) is 41.1. The average molecular weight is 813 g/mol. The number of ether oxygens (including phenoxy) is 1. The van der Waals surface area contributed by atoms with Crippen LogP contribution in [0.15, 0.2) is 151 Å². The van der Waals surface area contributed by atoms with Crippen molar-refractivity contribution in [2.24, 2.45) is 0 Å². The quantitative estimate of drug-likeness (QED) is 0.110. The highest BCUT2D eigenvalue weighted by Gasteiger charge is 2.50. The highest BCUT2D eigenvalue weighted by atomic mass is 32.2. The van der Waals surface area contributed by atoms with Crippen LogP contribution in [-0.2, 0) is 25.5 Å². The molecule has 58 heavy (non-hydrogen) atoms. The molecule has 0 aliphatic rings. The van der Waals surface area contributed by atoms with E-state index in [-0.39, 0.29) is 34.6 Å². The van der Waals surface area contributed by atoms with Crippen molar-refractivity contribution in [2.45, 2.75) is 43.0 Å². The molecule has 12 heteroatoms. The van der Waals surface area contributed by atoms with Crippen molar-refractivity contribution in [1.82, 2.24) is 14.6 Å². The molecular weight excluding hydrogens is 768 g/mol. The van der Waals surface area contributed by atoms with Gasteiger partial charge in [-0.25, -0.2) is 17.3 Å². The number of halogens is 1. The summed E-state index contributed by atoms with van der Waals surface area (Å²) in [5, 5.41) is 9.66. The van der Waals surface area contributed by atoms with Gasteiger partial charge in [0.2, 0.25) is 5.95 Å². The first-order valence-corrected chi connectivity index (χ1v) is 22.7. The largest absolute Gasteiger partial charge is 0.495 e. The van der Waals surface area contributed by atoms with Gasteiger partial charge in [0.05, 0.1) is 23.6 Å². The number of sulfone groups is 1. The number of aromatic nitrogens is 3. The molecule has 296 valence electrons. The molecule has 1 atom stereocenters. The molecule has 0 amide bonds. The first-order chi connectivity index (χ1) is 27.7. The van der Waals surface area contributed by atoms with Crippen LogP contribution in [0.4, 0.5) is 16.0 Å². The highest BCUT2D eigenvalue weighted by Crippen LogP contribution is 2.38. The lowest BCUT2D eigenvalue weighted by Crippen LogP contribution is -2.67. The number of methoxy groups -OCH3 is 1. The molecule has 2 heterocycles. The fourth-order valence-electron chi connectivity index (χ4n) is 7.41. The van der Waals surface area contributed by atoms with Crippen LogP contribution in [0, 0.1) is 5.82 Å². The smallest absolute Gasteiger partial charge is 0.261 e. The summed E-state index contributed by atoms with van der Waals surface area (Å²) in [6.45, 7) is 6.75. The van der Waals surface area contributed by atoms with Gasteiger partial charge in [-0.2, -0.15) is 4.98 Å². The Labute approximate surface area is 339 Å². The van der Waals surface area contributed by atoms with E-state index in [4.69, 9.17) is 9.16 Å². The molecule has 0 aliphatic carbocycles. The van der Waals surface area contributed by atoms with Crippen LogP contribution in [0.25, 0.3) is 16.8 Å². The Morgan fingerprint density at radius 3 is 2.03 bits per heavy atom. The maximum Gasteiger partial charge on any atom is 0.261 e. The van der Waals surface area contributed by atoms with Crippen molar-refractivity contribution in [3.63, 3.8) is 0 Å². The predicted octanol–water partition coefficient (Wildman–Crippen LogP) is 8.16. The van der Waals surface area contributed by atoms with E-state index in [1.165, 1.54) is 31.4 Å². The van der Waals surface area contributed by atoms with E-state index < -0.39 is 24.1 Å². The summed E-state index contributed by atoms with van der Waals surface area (Å²) >= 11 is 0. The van der Waals surface area contributed by atoms with Gasteiger partial charge in [-0.1, -0.05) is 118 Å². The molecule has 5 aromatic carbocycles. The van der Waals surface area contributed by atoms with Crippen LogP contribution in [0.3, 0.4) is 0 Å². The van der Waals surface area contributed by atoms with Gasteiger partial charge < -0.3 is 14.5 Å². The Morgan fingerprint density at radius 1 is 0.828 bits per heavy atom. The third kappa shape index (κ3) is 8.50. The molecule has 0 saturated heterocycles. The Morgan fingerprint density at radius 2 is 1.45 bits per heavy atom. The van der Waals surface area contributed by atoms with E-state index in [1.807, 2.05) is 79.0 Å². The fourth-order valence-corrected chi connectivity index (χ4v) is 12.6. The summed E-state index contributed by atoms with van der Waals surface area (Å²) in [4.78, 5) is 19.1. The van der Waals surface area contributed by atoms with Gasteiger partial charge in [-0.3, -0.25) is 4.79 Å². The SMILES string of the molecule is COc1cc(S(C)(=O)=O)ccc1Nc1nc2ccc(-c3ccc(CC(=O)C(CO[Si](c4ccccc4)(c4ccccc4)C(C)(C)C)c4ccc(F)cc4)cc3)cn2n1. The number of anilines is 2. The Hall–Kier alpha value is -5.95. The second-order valence-corrected chi connectivity index (χ2v) is 21.7. The van der Waals surface area contributed by atoms with E-state index in [0.29, 0.717) is 28.6 Å². The lowest BCUT2D eigenvalue weighted by atomic mass is 9.91. The molecule has 7 aromatic rings. The number of Topliss-reactive ketones (excluding diaryl/α,β-unsaturated/α-hetero) is 1. The topological polar surface area (TPSA) is 112 Å². The summed E-state index contributed by atoms with van der Waals surface area (Å²) in [7, 11) is -4.90. The van der Waals surface area contributed by atoms with Crippen LogP contribution >= 0.6 is 0 Å². The maximum atomic E-state index is 14.4. The normalized spacial score (nSPS) is 12.7.